The van der Waals surface area contributed by atoms with E-state index in [1.165, 1.54) is 10.8 Å². The lowest BCUT2D eigenvalue weighted by molar-refractivity contribution is 0.669. The Hall–Kier alpha value is -7.63. The molecule has 0 saturated carbocycles. The van der Waals surface area contributed by atoms with Gasteiger partial charge in [0.25, 0.3) is 0 Å². The average molecular weight is 717 g/mol. The van der Waals surface area contributed by atoms with Crippen LogP contribution >= 0.6 is 0 Å². The average Bonchev–Trinajstić information content (AvgIpc) is 3.83. The first kappa shape index (κ1) is 31.9. The van der Waals surface area contributed by atoms with Crippen LogP contribution < -0.4 is 0 Å². The van der Waals surface area contributed by atoms with Crippen molar-refractivity contribution in [3.05, 3.63) is 194 Å². The van der Waals surface area contributed by atoms with E-state index in [1.807, 2.05) is 78.9 Å². The summed E-state index contributed by atoms with van der Waals surface area (Å²) in [5.74, 6) is 1.93. The highest BCUT2D eigenvalue weighted by Crippen LogP contribution is 2.39. The minimum Gasteiger partial charge on any atom is -0.456 e. The Morgan fingerprint density at radius 1 is 0.339 bits per heavy atom. The number of nitrogens with zero attached hydrogens (tertiary/aromatic N) is 4. The number of fused-ring (bicyclic) bond motifs is 6. The molecule has 11 aromatic rings. The summed E-state index contributed by atoms with van der Waals surface area (Å²) in [6.45, 7) is 0. The van der Waals surface area contributed by atoms with Crippen molar-refractivity contribution >= 4 is 43.7 Å². The van der Waals surface area contributed by atoms with Gasteiger partial charge in [0, 0.05) is 43.9 Å². The van der Waals surface area contributed by atoms with Crippen molar-refractivity contribution in [1.82, 2.24) is 19.5 Å². The van der Waals surface area contributed by atoms with Crippen LogP contribution in [0.25, 0.3) is 106 Å². The first-order chi connectivity index (χ1) is 27.7. The van der Waals surface area contributed by atoms with E-state index in [0.717, 1.165) is 77.6 Å². The Morgan fingerprint density at radius 3 is 1.62 bits per heavy atom. The fourth-order valence-electron chi connectivity index (χ4n) is 8.01. The molecule has 8 aromatic carbocycles. The van der Waals surface area contributed by atoms with Crippen LogP contribution in [0.2, 0.25) is 0 Å². The molecule has 5 heteroatoms. The molecule has 0 radical (unpaired) electrons. The van der Waals surface area contributed by atoms with Crippen LogP contribution in [0.5, 0.6) is 0 Å². The lowest BCUT2D eigenvalue weighted by atomic mass is 9.99. The first-order valence-electron chi connectivity index (χ1n) is 18.8. The largest absolute Gasteiger partial charge is 0.456 e. The fourth-order valence-corrected chi connectivity index (χ4v) is 8.01. The molecule has 0 unspecified atom stereocenters. The number of hydrogen-bond acceptors (Lipinski definition) is 4. The van der Waals surface area contributed by atoms with Crippen molar-refractivity contribution in [3.8, 4) is 62.1 Å². The van der Waals surface area contributed by atoms with Crippen LogP contribution in [0.4, 0.5) is 0 Å². The summed E-state index contributed by atoms with van der Waals surface area (Å²) in [6.07, 6.45) is 0. The Balaban J connectivity index is 0.995. The number of rotatable bonds is 6. The summed E-state index contributed by atoms with van der Waals surface area (Å²) in [6, 6.07) is 67.6. The molecule has 11 rings (SSSR count). The van der Waals surface area contributed by atoms with E-state index in [2.05, 4.69) is 120 Å². The second-order valence-electron chi connectivity index (χ2n) is 14.0. The molecular weight excluding hydrogens is 685 g/mol. The van der Waals surface area contributed by atoms with Gasteiger partial charge in [0.1, 0.15) is 11.2 Å². The van der Waals surface area contributed by atoms with Gasteiger partial charge in [-0.25, -0.2) is 15.0 Å². The molecule has 3 aromatic heterocycles. The summed E-state index contributed by atoms with van der Waals surface area (Å²) < 4.78 is 8.56. The zero-order valence-corrected chi connectivity index (χ0v) is 30.2. The topological polar surface area (TPSA) is 56.7 Å². The zero-order valence-electron chi connectivity index (χ0n) is 30.2. The molecule has 0 atom stereocenters. The van der Waals surface area contributed by atoms with Gasteiger partial charge in [-0.2, -0.15) is 0 Å². The Morgan fingerprint density at radius 2 is 0.875 bits per heavy atom. The molecule has 0 aliphatic heterocycles. The van der Waals surface area contributed by atoms with E-state index in [4.69, 9.17) is 19.4 Å². The maximum absolute atomic E-state index is 6.19. The van der Waals surface area contributed by atoms with Gasteiger partial charge >= 0.3 is 0 Å². The van der Waals surface area contributed by atoms with Crippen molar-refractivity contribution in [1.29, 1.82) is 0 Å². The van der Waals surface area contributed by atoms with Gasteiger partial charge in [0.2, 0.25) is 0 Å². The van der Waals surface area contributed by atoms with Crippen LogP contribution in [-0.4, -0.2) is 19.5 Å². The Labute approximate surface area is 322 Å². The van der Waals surface area contributed by atoms with Crippen LogP contribution in [0.15, 0.2) is 199 Å². The SMILES string of the molecule is c1ccc(-c2nc(-c3ccccc3)nc(-c3cccc(-c4ccc5c(c4)c4ccccc4n5-c4ccc(-c5cccc6oc7ccccc7c56)cc4)c3)n2)cc1. The van der Waals surface area contributed by atoms with E-state index in [9.17, 15) is 0 Å². The normalized spacial score (nSPS) is 11.6. The van der Waals surface area contributed by atoms with Crippen molar-refractivity contribution < 1.29 is 4.42 Å². The highest BCUT2D eigenvalue weighted by Gasteiger charge is 2.17. The van der Waals surface area contributed by atoms with Crippen LogP contribution in [0, 0.1) is 0 Å². The molecule has 5 nitrogen and oxygen atoms in total. The number of hydrogen-bond donors (Lipinski definition) is 0. The molecular formula is C51H32N4O. The monoisotopic (exact) mass is 716 g/mol. The van der Waals surface area contributed by atoms with Crippen molar-refractivity contribution in [2.45, 2.75) is 0 Å². The number of para-hydroxylation sites is 2. The summed E-state index contributed by atoms with van der Waals surface area (Å²) in [5.41, 5.74) is 12.6. The Kier molecular flexibility index (Phi) is 7.42. The van der Waals surface area contributed by atoms with E-state index >= 15 is 0 Å². The summed E-state index contributed by atoms with van der Waals surface area (Å²) >= 11 is 0. The molecule has 0 N–H and O–H groups in total. The van der Waals surface area contributed by atoms with Crippen LogP contribution in [0.1, 0.15) is 0 Å². The predicted molar refractivity (Wildman–Crippen MR) is 229 cm³/mol. The molecule has 0 aliphatic rings. The molecule has 0 fully saturated rings. The van der Waals surface area contributed by atoms with Gasteiger partial charge in [0.15, 0.2) is 17.5 Å². The smallest absolute Gasteiger partial charge is 0.164 e. The minimum atomic E-state index is 0.637. The lowest BCUT2D eigenvalue weighted by Crippen LogP contribution is -2.00. The van der Waals surface area contributed by atoms with Gasteiger partial charge in [-0.3, -0.25) is 0 Å². The number of aromatic nitrogens is 4. The molecule has 3 heterocycles. The van der Waals surface area contributed by atoms with Crippen molar-refractivity contribution in [2.24, 2.45) is 0 Å². The summed E-state index contributed by atoms with van der Waals surface area (Å²) in [7, 11) is 0. The summed E-state index contributed by atoms with van der Waals surface area (Å²) in [5, 5.41) is 4.68. The third kappa shape index (κ3) is 5.37. The molecule has 0 bridgehead atoms. The van der Waals surface area contributed by atoms with Gasteiger partial charge < -0.3 is 8.98 Å². The quantitative estimate of drug-likeness (QED) is 0.172. The van der Waals surface area contributed by atoms with Gasteiger partial charge in [-0.05, 0) is 70.8 Å². The molecule has 0 aliphatic carbocycles. The van der Waals surface area contributed by atoms with E-state index in [1.54, 1.807) is 0 Å². The first-order valence-corrected chi connectivity index (χ1v) is 18.8. The molecule has 0 amide bonds. The number of benzene rings is 8. The van der Waals surface area contributed by atoms with Gasteiger partial charge in [0.05, 0.1) is 11.0 Å². The molecule has 0 spiro atoms. The van der Waals surface area contributed by atoms with Crippen molar-refractivity contribution in [2.75, 3.05) is 0 Å². The third-order valence-electron chi connectivity index (χ3n) is 10.7. The summed E-state index contributed by atoms with van der Waals surface area (Å²) in [4.78, 5) is 14.8. The van der Waals surface area contributed by atoms with Gasteiger partial charge in [-0.15, -0.1) is 0 Å². The highest BCUT2D eigenvalue weighted by atomic mass is 16.3. The lowest BCUT2D eigenvalue weighted by Gasteiger charge is -2.11. The fraction of sp³-hybridized carbons (Fsp3) is 0. The molecule has 262 valence electrons. The molecule has 0 saturated heterocycles. The highest BCUT2D eigenvalue weighted by molar-refractivity contribution is 6.13. The van der Waals surface area contributed by atoms with Gasteiger partial charge in [-0.1, -0.05) is 146 Å². The second kappa shape index (κ2) is 13.0. The second-order valence-corrected chi connectivity index (χ2v) is 14.0. The third-order valence-corrected chi connectivity index (χ3v) is 10.7. The predicted octanol–water partition coefficient (Wildman–Crippen LogP) is 13.2. The van der Waals surface area contributed by atoms with E-state index < -0.39 is 0 Å². The maximum atomic E-state index is 6.19. The van der Waals surface area contributed by atoms with E-state index in [-0.39, 0.29) is 0 Å². The Bertz CT molecular complexity index is 3180. The minimum absolute atomic E-state index is 0.637. The number of furan rings is 1. The maximum Gasteiger partial charge on any atom is 0.164 e. The van der Waals surface area contributed by atoms with Crippen LogP contribution in [0.3, 0.4) is 0 Å². The van der Waals surface area contributed by atoms with Crippen molar-refractivity contribution in [3.63, 3.8) is 0 Å². The molecule has 56 heavy (non-hydrogen) atoms. The standard InChI is InChI=1S/C51H32N4O/c1-3-13-34(14-4-1)49-52-50(35-15-5-2-6-16-35)54-51(53-49)38-18-11-17-36(31-38)37-27-30-45-43(32-37)41-19-7-9-22-44(41)55(45)39-28-25-33(26-29-39)40-21-12-24-47-48(40)42-20-8-10-23-46(42)56-47/h1-32H. The zero-order chi connectivity index (χ0) is 37.0. The van der Waals surface area contributed by atoms with E-state index in [0.29, 0.717) is 17.5 Å². The van der Waals surface area contributed by atoms with Crippen LogP contribution in [-0.2, 0) is 0 Å².